The van der Waals surface area contributed by atoms with E-state index in [0.29, 0.717) is 17.3 Å². The number of ether oxygens (including phenoxy) is 1. The van der Waals surface area contributed by atoms with Crippen molar-refractivity contribution >= 4 is 29.1 Å². The molecule has 1 aromatic carbocycles. The van der Waals surface area contributed by atoms with Gasteiger partial charge in [-0.05, 0) is 44.9 Å². The number of benzene rings is 1. The molecular weight excluding hydrogens is 360 g/mol. The van der Waals surface area contributed by atoms with Gasteiger partial charge in [-0.2, -0.15) is 0 Å². The SMILES string of the molecule is Cc1cc(C(=O)COC(=O)CN2C(=O)C(=O)c3ccccc32)c(C)n1C1CC1. The van der Waals surface area contributed by atoms with E-state index in [-0.39, 0.29) is 11.3 Å². The Morgan fingerprint density at radius 2 is 1.86 bits per heavy atom. The van der Waals surface area contributed by atoms with Crippen molar-refractivity contribution in [1.82, 2.24) is 4.57 Å². The van der Waals surface area contributed by atoms with Crippen molar-refractivity contribution < 1.29 is 23.9 Å². The monoisotopic (exact) mass is 380 g/mol. The Labute approximate surface area is 161 Å². The van der Waals surface area contributed by atoms with Crippen LogP contribution in [-0.2, 0) is 14.3 Å². The molecule has 0 radical (unpaired) electrons. The van der Waals surface area contributed by atoms with Gasteiger partial charge in [-0.15, -0.1) is 0 Å². The van der Waals surface area contributed by atoms with Gasteiger partial charge in [-0.1, -0.05) is 12.1 Å². The highest BCUT2D eigenvalue weighted by Crippen LogP contribution is 2.38. The molecule has 1 amide bonds. The number of rotatable bonds is 6. The molecule has 1 aliphatic heterocycles. The minimum Gasteiger partial charge on any atom is -0.456 e. The number of esters is 1. The Hall–Kier alpha value is -3.22. The van der Waals surface area contributed by atoms with E-state index in [2.05, 4.69) is 4.57 Å². The summed E-state index contributed by atoms with van der Waals surface area (Å²) in [5.41, 5.74) is 3.11. The predicted molar refractivity (Wildman–Crippen MR) is 101 cm³/mol. The molecule has 1 fully saturated rings. The van der Waals surface area contributed by atoms with E-state index < -0.39 is 30.8 Å². The first-order valence-electron chi connectivity index (χ1n) is 9.21. The fourth-order valence-electron chi connectivity index (χ4n) is 3.76. The Balaban J connectivity index is 1.40. The summed E-state index contributed by atoms with van der Waals surface area (Å²) in [4.78, 5) is 49.9. The van der Waals surface area contributed by atoms with Crippen molar-refractivity contribution in [2.45, 2.75) is 32.7 Å². The maximum Gasteiger partial charge on any atom is 0.326 e. The molecule has 7 nitrogen and oxygen atoms in total. The third kappa shape index (κ3) is 3.02. The number of Topliss-reactive ketones (excluding diaryl/α,β-unsaturated/α-hetero) is 2. The number of fused-ring (bicyclic) bond motifs is 1. The van der Waals surface area contributed by atoms with Gasteiger partial charge >= 0.3 is 5.97 Å². The Kier molecular flexibility index (Phi) is 4.37. The zero-order valence-corrected chi connectivity index (χ0v) is 15.7. The van der Waals surface area contributed by atoms with Gasteiger partial charge < -0.3 is 9.30 Å². The zero-order chi connectivity index (χ0) is 20.0. The fraction of sp³-hybridized carbons (Fsp3) is 0.333. The van der Waals surface area contributed by atoms with Crippen LogP contribution in [0.3, 0.4) is 0 Å². The van der Waals surface area contributed by atoms with E-state index in [1.807, 2.05) is 19.9 Å². The second-order valence-corrected chi connectivity index (χ2v) is 7.21. The summed E-state index contributed by atoms with van der Waals surface area (Å²) < 4.78 is 7.25. The number of hydrogen-bond donors (Lipinski definition) is 0. The molecule has 144 valence electrons. The Morgan fingerprint density at radius 1 is 1.14 bits per heavy atom. The van der Waals surface area contributed by atoms with Crippen LogP contribution in [0.25, 0.3) is 0 Å². The van der Waals surface area contributed by atoms with Crippen LogP contribution in [0.4, 0.5) is 5.69 Å². The van der Waals surface area contributed by atoms with Crippen LogP contribution in [0.2, 0.25) is 0 Å². The second-order valence-electron chi connectivity index (χ2n) is 7.21. The van der Waals surface area contributed by atoms with Crippen molar-refractivity contribution in [1.29, 1.82) is 0 Å². The summed E-state index contributed by atoms with van der Waals surface area (Å²) in [5.74, 6) is -2.43. The van der Waals surface area contributed by atoms with E-state index in [1.165, 1.54) is 0 Å². The Morgan fingerprint density at radius 3 is 2.57 bits per heavy atom. The van der Waals surface area contributed by atoms with Gasteiger partial charge in [0.1, 0.15) is 6.54 Å². The van der Waals surface area contributed by atoms with Crippen LogP contribution >= 0.6 is 0 Å². The number of aryl methyl sites for hydroxylation is 1. The van der Waals surface area contributed by atoms with Crippen molar-refractivity contribution in [2.24, 2.45) is 0 Å². The van der Waals surface area contributed by atoms with Crippen LogP contribution in [-0.4, -0.2) is 41.2 Å². The van der Waals surface area contributed by atoms with Crippen LogP contribution in [0.15, 0.2) is 30.3 Å². The molecule has 2 heterocycles. The lowest BCUT2D eigenvalue weighted by Gasteiger charge is -2.15. The Bertz CT molecular complexity index is 1020. The molecule has 28 heavy (non-hydrogen) atoms. The van der Waals surface area contributed by atoms with Crippen LogP contribution in [0, 0.1) is 13.8 Å². The normalized spacial score (nSPS) is 15.7. The maximum absolute atomic E-state index is 12.5. The molecule has 2 aliphatic rings. The molecule has 0 atom stereocenters. The summed E-state index contributed by atoms with van der Waals surface area (Å²) in [7, 11) is 0. The van der Waals surface area contributed by atoms with Gasteiger partial charge in [0, 0.05) is 23.0 Å². The lowest BCUT2D eigenvalue weighted by Crippen LogP contribution is -2.36. The summed E-state index contributed by atoms with van der Waals surface area (Å²) in [6, 6.07) is 8.76. The molecular formula is C21H20N2O5. The van der Waals surface area contributed by atoms with E-state index in [4.69, 9.17) is 4.74 Å². The average Bonchev–Trinajstić information content (AvgIpc) is 3.43. The van der Waals surface area contributed by atoms with Gasteiger partial charge in [0.25, 0.3) is 11.7 Å². The number of hydrogen-bond acceptors (Lipinski definition) is 5. The van der Waals surface area contributed by atoms with Gasteiger partial charge in [0.2, 0.25) is 5.78 Å². The number of nitrogens with zero attached hydrogens (tertiary/aromatic N) is 2. The first kappa shape index (κ1) is 18.2. The fourth-order valence-corrected chi connectivity index (χ4v) is 3.76. The molecule has 0 bridgehead atoms. The van der Waals surface area contributed by atoms with Gasteiger partial charge in [-0.25, -0.2) is 0 Å². The third-order valence-electron chi connectivity index (χ3n) is 5.23. The van der Waals surface area contributed by atoms with Gasteiger partial charge in [-0.3, -0.25) is 24.1 Å². The molecule has 0 N–H and O–H groups in total. The highest BCUT2D eigenvalue weighted by Gasteiger charge is 2.37. The lowest BCUT2D eigenvalue weighted by molar-refractivity contribution is -0.141. The van der Waals surface area contributed by atoms with Crippen molar-refractivity contribution in [3.8, 4) is 0 Å². The maximum atomic E-state index is 12.5. The average molecular weight is 380 g/mol. The topological polar surface area (TPSA) is 85.7 Å². The van der Waals surface area contributed by atoms with Crippen LogP contribution < -0.4 is 4.90 Å². The summed E-state index contributed by atoms with van der Waals surface area (Å²) in [6.45, 7) is 3.05. The first-order valence-corrected chi connectivity index (χ1v) is 9.21. The molecule has 1 aliphatic carbocycles. The number of anilines is 1. The van der Waals surface area contributed by atoms with Crippen LogP contribution in [0.5, 0.6) is 0 Å². The van der Waals surface area contributed by atoms with Crippen LogP contribution in [0.1, 0.15) is 51.0 Å². The standard InChI is InChI=1S/C21H20N2O5/c1-12-9-16(13(2)23(12)14-7-8-14)18(24)11-28-19(25)10-22-17-6-4-3-5-15(17)20(26)21(22)27/h3-6,9,14H,7-8,10-11H2,1-2H3. The number of ketones is 2. The minimum atomic E-state index is -0.766. The van der Waals surface area contributed by atoms with E-state index in [1.54, 1.807) is 24.3 Å². The number of para-hydroxylation sites is 1. The molecule has 4 rings (SSSR count). The number of aromatic nitrogens is 1. The minimum absolute atomic E-state index is 0.267. The first-order chi connectivity index (χ1) is 13.4. The van der Waals surface area contributed by atoms with Crippen molar-refractivity contribution in [3.05, 3.63) is 52.8 Å². The second kappa shape index (κ2) is 6.74. The smallest absolute Gasteiger partial charge is 0.326 e. The van der Waals surface area contributed by atoms with E-state index in [0.717, 1.165) is 29.1 Å². The van der Waals surface area contributed by atoms with E-state index >= 15 is 0 Å². The lowest BCUT2D eigenvalue weighted by atomic mass is 10.1. The molecule has 0 unspecified atom stereocenters. The molecule has 0 spiro atoms. The number of carbonyl (C=O) groups is 4. The largest absolute Gasteiger partial charge is 0.456 e. The molecule has 1 saturated carbocycles. The van der Waals surface area contributed by atoms with Gasteiger partial charge in [0.05, 0.1) is 11.3 Å². The third-order valence-corrected chi connectivity index (χ3v) is 5.23. The summed E-state index contributed by atoms with van der Waals surface area (Å²) >= 11 is 0. The highest BCUT2D eigenvalue weighted by molar-refractivity contribution is 6.52. The molecule has 0 saturated heterocycles. The number of amides is 1. The summed E-state index contributed by atoms with van der Waals surface area (Å²) in [6.07, 6.45) is 2.23. The van der Waals surface area contributed by atoms with Gasteiger partial charge in [0.15, 0.2) is 6.61 Å². The highest BCUT2D eigenvalue weighted by atomic mass is 16.5. The van der Waals surface area contributed by atoms with E-state index in [9.17, 15) is 19.2 Å². The molecule has 2 aromatic rings. The zero-order valence-electron chi connectivity index (χ0n) is 15.7. The quantitative estimate of drug-likeness (QED) is 0.436. The van der Waals surface area contributed by atoms with Crippen molar-refractivity contribution in [2.75, 3.05) is 18.1 Å². The number of carbonyl (C=O) groups excluding carboxylic acids is 4. The predicted octanol–water partition coefficient (Wildman–Crippen LogP) is 2.40. The molecule has 1 aromatic heterocycles. The van der Waals surface area contributed by atoms with Crippen molar-refractivity contribution in [3.63, 3.8) is 0 Å². The molecule has 7 heteroatoms. The summed E-state index contributed by atoms with van der Waals surface area (Å²) in [5, 5.41) is 0.